The minimum Gasteiger partial charge on any atom is -0.467 e. The van der Waals surface area contributed by atoms with Crippen LogP contribution in [0.25, 0.3) is 0 Å². The van der Waals surface area contributed by atoms with Gasteiger partial charge in [0.2, 0.25) is 16.9 Å². The van der Waals surface area contributed by atoms with Crippen molar-refractivity contribution in [3.8, 4) is 0 Å². The molecule has 1 unspecified atom stereocenters. The predicted molar refractivity (Wildman–Crippen MR) is 94.0 cm³/mol. The third-order valence-electron chi connectivity index (χ3n) is 4.20. The fourth-order valence-corrected chi connectivity index (χ4v) is 3.61. The number of hydrogen-bond acceptors (Lipinski definition) is 6. The fourth-order valence-electron chi connectivity index (χ4n) is 2.83. The molecule has 0 aromatic carbocycles. The summed E-state index contributed by atoms with van der Waals surface area (Å²) in [5, 5.41) is 12.4. The van der Waals surface area contributed by atoms with Gasteiger partial charge in [-0.2, -0.15) is 0 Å². The van der Waals surface area contributed by atoms with E-state index in [1.807, 2.05) is 6.07 Å². The van der Waals surface area contributed by atoms with E-state index >= 15 is 0 Å². The van der Waals surface area contributed by atoms with E-state index in [1.165, 1.54) is 11.3 Å². The Kier molecular flexibility index (Phi) is 5.80. The van der Waals surface area contributed by atoms with Gasteiger partial charge in [0, 0.05) is 19.4 Å². The number of carbonyl (C=O) groups is 2. The number of furan rings is 1. The van der Waals surface area contributed by atoms with Gasteiger partial charge < -0.3 is 14.6 Å². The first-order valence-electron chi connectivity index (χ1n) is 8.59. The van der Waals surface area contributed by atoms with E-state index in [1.54, 1.807) is 17.2 Å². The van der Waals surface area contributed by atoms with Crippen molar-refractivity contribution in [3.05, 3.63) is 29.2 Å². The summed E-state index contributed by atoms with van der Waals surface area (Å²) >= 11 is 1.41. The van der Waals surface area contributed by atoms with Crippen LogP contribution in [-0.4, -0.2) is 33.5 Å². The molecule has 3 rings (SSSR count). The SMILES string of the molecule is CCCCCc1nnc(NC(=O)C2CC(=O)N(Cc3ccco3)C2)s1. The molecule has 1 aliphatic rings. The lowest BCUT2D eigenvalue weighted by Crippen LogP contribution is -2.27. The van der Waals surface area contributed by atoms with Gasteiger partial charge in [-0.3, -0.25) is 9.59 Å². The highest BCUT2D eigenvalue weighted by Gasteiger charge is 2.35. The maximum Gasteiger partial charge on any atom is 0.231 e. The van der Waals surface area contributed by atoms with Gasteiger partial charge in [0.05, 0.1) is 18.7 Å². The minimum absolute atomic E-state index is 0.0333. The van der Waals surface area contributed by atoms with Crippen LogP contribution in [0.15, 0.2) is 22.8 Å². The van der Waals surface area contributed by atoms with Crippen LogP contribution < -0.4 is 5.32 Å². The van der Waals surface area contributed by atoms with E-state index in [0.717, 1.165) is 36.5 Å². The van der Waals surface area contributed by atoms with E-state index in [4.69, 9.17) is 4.42 Å². The molecule has 0 radical (unpaired) electrons. The highest BCUT2D eigenvalue weighted by molar-refractivity contribution is 7.15. The van der Waals surface area contributed by atoms with Gasteiger partial charge in [-0.05, 0) is 18.6 Å². The van der Waals surface area contributed by atoms with Crippen LogP contribution in [0.4, 0.5) is 5.13 Å². The molecule has 1 fully saturated rings. The smallest absolute Gasteiger partial charge is 0.231 e. The number of aryl methyl sites for hydroxylation is 1. The van der Waals surface area contributed by atoms with Crippen LogP contribution in [0.3, 0.4) is 0 Å². The average Bonchev–Trinajstić information content (AvgIpc) is 3.31. The van der Waals surface area contributed by atoms with Crippen LogP contribution >= 0.6 is 11.3 Å². The molecular formula is C17H22N4O3S. The Bertz CT molecular complexity index is 713. The summed E-state index contributed by atoms with van der Waals surface area (Å²) in [6, 6.07) is 3.61. The van der Waals surface area contributed by atoms with Crippen molar-refractivity contribution in [2.45, 2.75) is 45.6 Å². The zero-order valence-corrected chi connectivity index (χ0v) is 15.1. The second kappa shape index (κ2) is 8.24. The first-order valence-corrected chi connectivity index (χ1v) is 9.40. The molecular weight excluding hydrogens is 340 g/mol. The van der Waals surface area contributed by atoms with Crippen molar-refractivity contribution >= 4 is 28.3 Å². The number of aromatic nitrogens is 2. The van der Waals surface area contributed by atoms with Crippen molar-refractivity contribution in [2.75, 3.05) is 11.9 Å². The van der Waals surface area contributed by atoms with E-state index in [2.05, 4.69) is 22.4 Å². The van der Waals surface area contributed by atoms with Gasteiger partial charge in [0.1, 0.15) is 10.8 Å². The molecule has 0 spiro atoms. The zero-order valence-electron chi connectivity index (χ0n) is 14.2. The molecule has 2 aromatic heterocycles. The first kappa shape index (κ1) is 17.6. The molecule has 25 heavy (non-hydrogen) atoms. The number of carbonyl (C=O) groups excluding carboxylic acids is 2. The number of nitrogens with one attached hydrogen (secondary N) is 1. The Morgan fingerprint density at radius 1 is 1.44 bits per heavy atom. The van der Waals surface area contributed by atoms with Crippen LogP contribution in [-0.2, 0) is 22.6 Å². The molecule has 7 nitrogen and oxygen atoms in total. The molecule has 3 heterocycles. The lowest BCUT2D eigenvalue weighted by atomic mass is 10.1. The van der Waals surface area contributed by atoms with Gasteiger partial charge in [0.25, 0.3) is 0 Å². The standard InChI is InChI=1S/C17H22N4O3S/c1-2-3-4-7-14-19-20-17(25-14)18-16(23)12-9-15(22)21(10-12)11-13-6-5-8-24-13/h5-6,8,12H,2-4,7,9-11H2,1H3,(H,18,20,23). The normalized spacial score (nSPS) is 17.2. The average molecular weight is 362 g/mol. The molecule has 0 saturated carbocycles. The lowest BCUT2D eigenvalue weighted by Gasteiger charge is -2.14. The summed E-state index contributed by atoms with van der Waals surface area (Å²) < 4.78 is 5.27. The molecule has 1 N–H and O–H groups in total. The van der Waals surface area contributed by atoms with Gasteiger partial charge in [-0.25, -0.2) is 0 Å². The van der Waals surface area contributed by atoms with Gasteiger partial charge >= 0.3 is 0 Å². The van der Waals surface area contributed by atoms with Crippen molar-refractivity contribution < 1.29 is 14.0 Å². The summed E-state index contributed by atoms with van der Waals surface area (Å²) in [7, 11) is 0. The first-order chi connectivity index (χ1) is 12.2. The summed E-state index contributed by atoms with van der Waals surface area (Å²) in [5.41, 5.74) is 0. The van der Waals surface area contributed by atoms with E-state index < -0.39 is 0 Å². The van der Waals surface area contributed by atoms with Crippen LogP contribution in [0.2, 0.25) is 0 Å². The zero-order chi connectivity index (χ0) is 17.6. The van der Waals surface area contributed by atoms with Crippen molar-refractivity contribution in [2.24, 2.45) is 5.92 Å². The Labute approximate surface area is 150 Å². The Hall–Kier alpha value is -2.22. The van der Waals surface area contributed by atoms with Crippen LogP contribution in [0, 0.1) is 5.92 Å². The van der Waals surface area contributed by atoms with E-state index in [0.29, 0.717) is 18.2 Å². The van der Waals surface area contributed by atoms with Crippen molar-refractivity contribution in [1.29, 1.82) is 0 Å². The third kappa shape index (κ3) is 4.66. The quantitative estimate of drug-likeness (QED) is 0.730. The summed E-state index contributed by atoms with van der Waals surface area (Å²) in [5.74, 6) is 0.144. The third-order valence-corrected chi connectivity index (χ3v) is 5.10. The van der Waals surface area contributed by atoms with Crippen molar-refractivity contribution in [3.63, 3.8) is 0 Å². The molecule has 134 valence electrons. The molecule has 1 atom stereocenters. The minimum atomic E-state index is -0.366. The number of amides is 2. The summed E-state index contributed by atoms with van der Waals surface area (Å²) in [6.07, 6.45) is 6.09. The molecule has 8 heteroatoms. The summed E-state index contributed by atoms with van der Waals surface area (Å²) in [6.45, 7) is 2.95. The summed E-state index contributed by atoms with van der Waals surface area (Å²) in [4.78, 5) is 26.2. The molecule has 1 aliphatic heterocycles. The Balaban J connectivity index is 1.51. The fraction of sp³-hybridized carbons (Fsp3) is 0.529. The highest BCUT2D eigenvalue weighted by Crippen LogP contribution is 2.23. The largest absolute Gasteiger partial charge is 0.467 e. The number of likely N-dealkylation sites (tertiary alicyclic amines) is 1. The Morgan fingerprint density at radius 3 is 3.08 bits per heavy atom. The van der Waals surface area contributed by atoms with Crippen LogP contribution in [0.1, 0.15) is 43.4 Å². The molecule has 0 bridgehead atoms. The molecule has 1 saturated heterocycles. The highest BCUT2D eigenvalue weighted by atomic mass is 32.1. The number of hydrogen-bond donors (Lipinski definition) is 1. The number of nitrogens with zero attached hydrogens (tertiary/aromatic N) is 3. The topological polar surface area (TPSA) is 88.3 Å². The van der Waals surface area contributed by atoms with E-state index in [9.17, 15) is 9.59 Å². The molecule has 2 aromatic rings. The monoisotopic (exact) mass is 362 g/mol. The maximum absolute atomic E-state index is 12.4. The van der Waals surface area contributed by atoms with Gasteiger partial charge in [-0.1, -0.05) is 31.1 Å². The molecule has 0 aliphatic carbocycles. The Morgan fingerprint density at radius 2 is 2.32 bits per heavy atom. The van der Waals surface area contributed by atoms with Crippen molar-refractivity contribution in [1.82, 2.24) is 15.1 Å². The second-order valence-electron chi connectivity index (χ2n) is 6.20. The van der Waals surface area contributed by atoms with E-state index in [-0.39, 0.29) is 24.2 Å². The molecule has 2 amide bonds. The number of anilines is 1. The lowest BCUT2D eigenvalue weighted by molar-refractivity contribution is -0.128. The van der Waals surface area contributed by atoms with Gasteiger partial charge in [-0.15, -0.1) is 10.2 Å². The van der Waals surface area contributed by atoms with Gasteiger partial charge in [0.15, 0.2) is 0 Å². The number of rotatable bonds is 8. The maximum atomic E-state index is 12.4. The second-order valence-corrected chi connectivity index (χ2v) is 7.26. The van der Waals surface area contributed by atoms with Crippen LogP contribution in [0.5, 0.6) is 0 Å². The predicted octanol–water partition coefficient (Wildman–Crippen LogP) is 2.85. The number of unbranched alkanes of at least 4 members (excludes halogenated alkanes) is 2.